The zero-order valence-corrected chi connectivity index (χ0v) is 9.88. The minimum absolute atomic E-state index is 0.00510. The zero-order chi connectivity index (χ0) is 11.3. The highest BCUT2D eigenvalue weighted by molar-refractivity contribution is 7.09. The lowest BCUT2D eigenvalue weighted by Gasteiger charge is -2.19. The Bertz CT molecular complexity index is 319. The molecular formula is C10H16N2O2S. The normalized spacial score (nSPS) is 10.3. The Kier molecular flexibility index (Phi) is 4.71. The molecule has 0 spiro atoms. The van der Waals surface area contributed by atoms with Crippen LogP contribution in [0.1, 0.15) is 28.8 Å². The lowest BCUT2D eigenvalue weighted by molar-refractivity contribution is 0.0717. The van der Waals surface area contributed by atoms with Crippen LogP contribution >= 0.6 is 11.3 Å². The zero-order valence-electron chi connectivity index (χ0n) is 9.06. The minimum Gasteiger partial charge on any atom is -0.395 e. The molecule has 0 bridgehead atoms. The second kappa shape index (κ2) is 5.82. The number of hydrogen-bond donors (Lipinski definition) is 1. The number of thiazole rings is 1. The van der Waals surface area contributed by atoms with Crippen LogP contribution in [0, 0.1) is 6.92 Å². The van der Waals surface area contributed by atoms with Gasteiger partial charge in [0.1, 0.15) is 5.69 Å². The SMILES string of the molecule is CCCN(CCO)C(=O)c1csc(C)n1. The maximum atomic E-state index is 11.9. The molecule has 0 unspecified atom stereocenters. The first-order chi connectivity index (χ1) is 7.19. The molecule has 1 N–H and O–H groups in total. The maximum absolute atomic E-state index is 11.9. The molecule has 0 fully saturated rings. The fraction of sp³-hybridized carbons (Fsp3) is 0.600. The summed E-state index contributed by atoms with van der Waals surface area (Å²) in [7, 11) is 0. The monoisotopic (exact) mass is 228 g/mol. The number of amides is 1. The van der Waals surface area contributed by atoms with Crippen molar-refractivity contribution in [3.05, 3.63) is 16.1 Å². The molecular weight excluding hydrogens is 212 g/mol. The summed E-state index contributed by atoms with van der Waals surface area (Å²) in [6, 6.07) is 0. The molecule has 1 aromatic rings. The molecule has 4 nitrogen and oxygen atoms in total. The third kappa shape index (κ3) is 3.28. The van der Waals surface area contributed by atoms with Crippen molar-refractivity contribution in [2.45, 2.75) is 20.3 Å². The summed E-state index contributed by atoms with van der Waals surface area (Å²) in [5.41, 5.74) is 0.486. The standard InChI is InChI=1S/C10H16N2O2S/c1-3-4-12(5-6-13)10(14)9-7-15-8(2)11-9/h7,13H,3-6H2,1-2H3. The molecule has 5 heteroatoms. The van der Waals surface area contributed by atoms with Crippen LogP contribution in [0.3, 0.4) is 0 Å². The van der Waals surface area contributed by atoms with Crippen molar-refractivity contribution < 1.29 is 9.90 Å². The largest absolute Gasteiger partial charge is 0.395 e. The van der Waals surface area contributed by atoms with Gasteiger partial charge in [-0.15, -0.1) is 11.3 Å². The summed E-state index contributed by atoms with van der Waals surface area (Å²) in [5, 5.41) is 11.5. The van der Waals surface area contributed by atoms with Crippen LogP contribution in [-0.2, 0) is 0 Å². The van der Waals surface area contributed by atoms with Crippen LogP contribution < -0.4 is 0 Å². The molecule has 0 aliphatic carbocycles. The fourth-order valence-electron chi connectivity index (χ4n) is 1.33. The van der Waals surface area contributed by atoms with E-state index in [1.54, 1.807) is 10.3 Å². The number of rotatable bonds is 5. The number of aryl methyl sites for hydroxylation is 1. The molecule has 1 aromatic heterocycles. The van der Waals surface area contributed by atoms with Crippen molar-refractivity contribution in [3.8, 4) is 0 Å². The highest BCUT2D eigenvalue weighted by Crippen LogP contribution is 2.10. The molecule has 84 valence electrons. The van der Waals surface area contributed by atoms with Gasteiger partial charge in [-0.2, -0.15) is 0 Å². The van der Waals surface area contributed by atoms with Gasteiger partial charge in [0.25, 0.3) is 5.91 Å². The molecule has 1 rings (SSSR count). The molecule has 0 aliphatic rings. The van der Waals surface area contributed by atoms with E-state index in [-0.39, 0.29) is 12.5 Å². The average molecular weight is 228 g/mol. The molecule has 0 saturated heterocycles. The van der Waals surface area contributed by atoms with Crippen LogP contribution in [-0.4, -0.2) is 40.6 Å². The van der Waals surface area contributed by atoms with Gasteiger partial charge in [-0.1, -0.05) is 6.92 Å². The highest BCUT2D eigenvalue weighted by atomic mass is 32.1. The molecule has 0 radical (unpaired) electrons. The summed E-state index contributed by atoms with van der Waals surface area (Å²) >= 11 is 1.47. The van der Waals surface area contributed by atoms with Gasteiger partial charge >= 0.3 is 0 Å². The third-order valence-electron chi connectivity index (χ3n) is 1.99. The van der Waals surface area contributed by atoms with Crippen molar-refractivity contribution in [2.75, 3.05) is 19.7 Å². The minimum atomic E-state index is -0.0877. The van der Waals surface area contributed by atoms with E-state index in [0.717, 1.165) is 11.4 Å². The Morgan fingerprint density at radius 3 is 2.80 bits per heavy atom. The fourth-order valence-corrected chi connectivity index (χ4v) is 1.92. The Labute approximate surface area is 93.6 Å². The molecule has 0 aliphatic heterocycles. The molecule has 15 heavy (non-hydrogen) atoms. The number of aliphatic hydroxyl groups excluding tert-OH is 1. The number of nitrogens with zero attached hydrogens (tertiary/aromatic N) is 2. The van der Waals surface area contributed by atoms with E-state index >= 15 is 0 Å². The van der Waals surface area contributed by atoms with E-state index in [9.17, 15) is 4.79 Å². The number of carbonyl (C=O) groups excluding carboxylic acids is 1. The van der Waals surface area contributed by atoms with Gasteiger partial charge in [0, 0.05) is 18.5 Å². The molecule has 1 amide bonds. The third-order valence-corrected chi connectivity index (χ3v) is 2.76. The lowest BCUT2D eigenvalue weighted by Crippen LogP contribution is -2.34. The van der Waals surface area contributed by atoms with Crippen LogP contribution in [0.15, 0.2) is 5.38 Å². The molecule has 0 atom stereocenters. The second-order valence-corrected chi connectivity index (χ2v) is 4.33. The van der Waals surface area contributed by atoms with E-state index < -0.39 is 0 Å². The molecule has 0 saturated carbocycles. The lowest BCUT2D eigenvalue weighted by atomic mass is 10.3. The van der Waals surface area contributed by atoms with Crippen LogP contribution in [0.4, 0.5) is 0 Å². The van der Waals surface area contributed by atoms with Crippen molar-refractivity contribution in [2.24, 2.45) is 0 Å². The Morgan fingerprint density at radius 2 is 2.33 bits per heavy atom. The Hall–Kier alpha value is -0.940. The van der Waals surface area contributed by atoms with Gasteiger partial charge in [0.05, 0.1) is 11.6 Å². The average Bonchev–Trinajstić information content (AvgIpc) is 2.63. The Morgan fingerprint density at radius 1 is 1.60 bits per heavy atom. The van der Waals surface area contributed by atoms with Gasteiger partial charge in [0.15, 0.2) is 0 Å². The molecule has 1 heterocycles. The summed E-state index contributed by atoms with van der Waals surface area (Å²) in [4.78, 5) is 17.7. The van der Waals surface area contributed by atoms with E-state index in [1.807, 2.05) is 13.8 Å². The van der Waals surface area contributed by atoms with E-state index in [4.69, 9.17) is 5.11 Å². The highest BCUT2D eigenvalue weighted by Gasteiger charge is 2.16. The van der Waals surface area contributed by atoms with E-state index in [0.29, 0.717) is 18.8 Å². The Balaban J connectivity index is 2.71. The van der Waals surface area contributed by atoms with E-state index in [1.165, 1.54) is 11.3 Å². The van der Waals surface area contributed by atoms with Gasteiger partial charge in [0.2, 0.25) is 0 Å². The van der Waals surface area contributed by atoms with Gasteiger partial charge in [-0.25, -0.2) is 4.98 Å². The second-order valence-electron chi connectivity index (χ2n) is 3.27. The van der Waals surface area contributed by atoms with Crippen LogP contribution in [0.25, 0.3) is 0 Å². The maximum Gasteiger partial charge on any atom is 0.273 e. The number of aliphatic hydroxyl groups is 1. The van der Waals surface area contributed by atoms with Crippen molar-refractivity contribution >= 4 is 17.2 Å². The number of aromatic nitrogens is 1. The first-order valence-corrected chi connectivity index (χ1v) is 5.89. The van der Waals surface area contributed by atoms with Gasteiger partial charge in [-0.3, -0.25) is 4.79 Å². The van der Waals surface area contributed by atoms with Crippen molar-refractivity contribution in [3.63, 3.8) is 0 Å². The first-order valence-electron chi connectivity index (χ1n) is 5.01. The number of carbonyl (C=O) groups is 1. The summed E-state index contributed by atoms with van der Waals surface area (Å²) in [5.74, 6) is -0.0877. The predicted octanol–water partition coefficient (Wildman–Crippen LogP) is 1.30. The van der Waals surface area contributed by atoms with E-state index in [2.05, 4.69) is 4.98 Å². The predicted molar refractivity (Wildman–Crippen MR) is 60.1 cm³/mol. The van der Waals surface area contributed by atoms with Gasteiger partial charge in [-0.05, 0) is 13.3 Å². The van der Waals surface area contributed by atoms with Crippen LogP contribution in [0.2, 0.25) is 0 Å². The molecule has 0 aromatic carbocycles. The van der Waals surface area contributed by atoms with Crippen LogP contribution in [0.5, 0.6) is 0 Å². The smallest absolute Gasteiger partial charge is 0.273 e. The topological polar surface area (TPSA) is 53.4 Å². The first kappa shape index (κ1) is 12.1. The van der Waals surface area contributed by atoms with Crippen molar-refractivity contribution in [1.82, 2.24) is 9.88 Å². The summed E-state index contributed by atoms with van der Waals surface area (Å²) in [6.45, 7) is 4.91. The quantitative estimate of drug-likeness (QED) is 0.826. The van der Waals surface area contributed by atoms with Gasteiger partial charge < -0.3 is 10.0 Å². The number of hydrogen-bond acceptors (Lipinski definition) is 4. The summed E-state index contributed by atoms with van der Waals surface area (Å²) in [6.07, 6.45) is 0.884. The van der Waals surface area contributed by atoms with Crippen molar-refractivity contribution in [1.29, 1.82) is 0 Å². The summed E-state index contributed by atoms with van der Waals surface area (Å²) < 4.78 is 0.